The first-order valence-electron chi connectivity index (χ1n) is 7.53. The molecule has 2 heterocycles. The minimum absolute atomic E-state index is 0.275. The van der Waals surface area contributed by atoms with Crippen molar-refractivity contribution < 1.29 is 13.2 Å². The maximum absolute atomic E-state index is 12.8. The summed E-state index contributed by atoms with van der Waals surface area (Å²) in [5.74, 6) is -0.350. The van der Waals surface area contributed by atoms with Gasteiger partial charge in [-0.15, -0.1) is 11.3 Å². The van der Waals surface area contributed by atoms with E-state index in [-0.39, 0.29) is 10.1 Å². The zero-order chi connectivity index (χ0) is 17.3. The number of nitrogens with zero attached hydrogens (tertiary/aromatic N) is 1. The third-order valence-electron chi connectivity index (χ3n) is 3.92. The lowest BCUT2D eigenvalue weighted by molar-refractivity contribution is -0.119. The van der Waals surface area contributed by atoms with Gasteiger partial charge in [0.05, 0.1) is 10.7 Å². The molecule has 1 amide bonds. The number of halogens is 1. The van der Waals surface area contributed by atoms with E-state index in [9.17, 15) is 13.2 Å². The molecule has 2 aromatic rings. The molecule has 0 bridgehead atoms. The summed E-state index contributed by atoms with van der Waals surface area (Å²) in [5, 5.41) is 3.16. The molecule has 5 nitrogen and oxygen atoms in total. The predicted molar refractivity (Wildman–Crippen MR) is 96.1 cm³/mol. The van der Waals surface area contributed by atoms with E-state index in [4.69, 9.17) is 11.6 Å². The summed E-state index contributed by atoms with van der Waals surface area (Å²) < 4.78 is 27.2. The standard InChI is InChI=1S/C16H17ClN2O3S2/c1-11-8-9-15(23-11)24(21,22)19-10-4-7-14(19)16(20)18-13-6-3-2-5-12(13)17/h2-3,5-6,8-9,14H,4,7,10H2,1H3,(H,18,20). The van der Waals surface area contributed by atoms with Crippen LogP contribution in [0.4, 0.5) is 5.69 Å². The SMILES string of the molecule is Cc1ccc(S(=O)(=O)N2CCCC2C(=O)Nc2ccccc2Cl)s1. The topological polar surface area (TPSA) is 66.5 Å². The molecular formula is C16H17ClN2O3S2. The molecule has 1 aliphatic rings. The summed E-state index contributed by atoms with van der Waals surface area (Å²) in [7, 11) is -3.66. The number of aryl methyl sites for hydroxylation is 1. The number of anilines is 1. The first-order valence-corrected chi connectivity index (χ1v) is 10.2. The molecule has 128 valence electrons. The summed E-state index contributed by atoms with van der Waals surface area (Å²) in [5.41, 5.74) is 0.486. The van der Waals surface area contributed by atoms with Crippen LogP contribution in [-0.2, 0) is 14.8 Å². The molecular weight excluding hydrogens is 368 g/mol. The monoisotopic (exact) mass is 384 g/mol. The average molecular weight is 385 g/mol. The minimum Gasteiger partial charge on any atom is -0.323 e. The normalized spacial score (nSPS) is 18.7. The van der Waals surface area contributed by atoms with E-state index in [1.165, 1.54) is 15.6 Å². The fraction of sp³-hybridized carbons (Fsp3) is 0.312. The van der Waals surface area contributed by atoms with Gasteiger partial charge in [0.25, 0.3) is 10.0 Å². The molecule has 0 radical (unpaired) electrons. The third kappa shape index (κ3) is 3.35. The molecule has 0 saturated carbocycles. The number of hydrogen-bond donors (Lipinski definition) is 1. The highest BCUT2D eigenvalue weighted by Gasteiger charge is 2.40. The highest BCUT2D eigenvalue weighted by molar-refractivity contribution is 7.91. The van der Waals surface area contributed by atoms with Crippen LogP contribution >= 0.6 is 22.9 Å². The minimum atomic E-state index is -3.66. The van der Waals surface area contributed by atoms with Crippen molar-refractivity contribution in [2.45, 2.75) is 30.0 Å². The Morgan fingerprint density at radius 1 is 1.29 bits per heavy atom. The number of carbonyl (C=O) groups is 1. The average Bonchev–Trinajstić information content (AvgIpc) is 3.18. The number of amides is 1. The third-order valence-corrected chi connectivity index (χ3v) is 7.62. The molecule has 0 aliphatic carbocycles. The van der Waals surface area contributed by atoms with Gasteiger partial charge in [0.1, 0.15) is 10.3 Å². The molecule has 8 heteroatoms. The van der Waals surface area contributed by atoms with Crippen LogP contribution in [0.3, 0.4) is 0 Å². The quantitative estimate of drug-likeness (QED) is 0.877. The van der Waals surface area contributed by atoms with Gasteiger partial charge in [-0.05, 0) is 44.0 Å². The van der Waals surface area contributed by atoms with Crippen molar-refractivity contribution in [3.63, 3.8) is 0 Å². The number of thiophene rings is 1. The van der Waals surface area contributed by atoms with Gasteiger partial charge in [-0.3, -0.25) is 4.79 Å². The van der Waals surface area contributed by atoms with E-state index in [0.717, 1.165) is 4.88 Å². The molecule has 24 heavy (non-hydrogen) atoms. The second-order valence-electron chi connectivity index (χ2n) is 5.61. The molecule has 0 spiro atoms. The Balaban J connectivity index is 1.83. The maximum Gasteiger partial charge on any atom is 0.253 e. The highest BCUT2D eigenvalue weighted by atomic mass is 35.5. The summed E-state index contributed by atoms with van der Waals surface area (Å²) >= 11 is 7.27. The molecule has 1 saturated heterocycles. The number of nitrogens with one attached hydrogen (secondary N) is 1. The zero-order valence-corrected chi connectivity index (χ0v) is 15.4. The second-order valence-corrected chi connectivity index (χ2v) is 9.42. The Kier molecular flexibility index (Phi) is 4.96. The molecule has 1 fully saturated rings. The largest absolute Gasteiger partial charge is 0.323 e. The summed E-state index contributed by atoms with van der Waals surface area (Å²) in [6.45, 7) is 2.20. The van der Waals surface area contributed by atoms with Gasteiger partial charge in [0, 0.05) is 11.4 Å². The lowest BCUT2D eigenvalue weighted by Gasteiger charge is -2.22. The molecule has 3 rings (SSSR count). The Hall–Kier alpha value is -1.41. The van der Waals surface area contributed by atoms with Crippen LogP contribution in [0.2, 0.25) is 5.02 Å². The van der Waals surface area contributed by atoms with Crippen molar-refractivity contribution in [3.05, 3.63) is 46.3 Å². The van der Waals surface area contributed by atoms with Crippen molar-refractivity contribution in [3.8, 4) is 0 Å². The van der Waals surface area contributed by atoms with E-state index >= 15 is 0 Å². The number of hydrogen-bond acceptors (Lipinski definition) is 4. The van der Waals surface area contributed by atoms with Crippen molar-refractivity contribution in [2.75, 3.05) is 11.9 Å². The maximum atomic E-state index is 12.8. The number of carbonyl (C=O) groups excluding carboxylic acids is 1. The van der Waals surface area contributed by atoms with Crippen molar-refractivity contribution in [1.29, 1.82) is 0 Å². The van der Waals surface area contributed by atoms with E-state index in [2.05, 4.69) is 5.32 Å². The van der Waals surface area contributed by atoms with Crippen LogP contribution < -0.4 is 5.32 Å². The van der Waals surface area contributed by atoms with E-state index < -0.39 is 16.1 Å². The zero-order valence-electron chi connectivity index (χ0n) is 13.0. The predicted octanol–water partition coefficient (Wildman–Crippen LogP) is 3.50. The number of para-hydroxylation sites is 1. The van der Waals surface area contributed by atoms with Gasteiger partial charge < -0.3 is 5.32 Å². The van der Waals surface area contributed by atoms with Crippen molar-refractivity contribution in [2.24, 2.45) is 0 Å². The van der Waals surface area contributed by atoms with Crippen molar-refractivity contribution >= 4 is 44.6 Å². The highest BCUT2D eigenvalue weighted by Crippen LogP contribution is 2.31. The molecule has 1 aromatic carbocycles. The molecule has 1 N–H and O–H groups in total. The summed E-state index contributed by atoms with van der Waals surface area (Å²) in [6, 6.07) is 9.55. The second kappa shape index (κ2) is 6.84. The Morgan fingerprint density at radius 3 is 2.71 bits per heavy atom. The van der Waals surface area contributed by atoms with Crippen LogP contribution in [0, 0.1) is 6.92 Å². The van der Waals surface area contributed by atoms with E-state index in [1.54, 1.807) is 36.4 Å². The van der Waals surface area contributed by atoms with Crippen LogP contribution in [-0.4, -0.2) is 31.2 Å². The van der Waals surface area contributed by atoms with Crippen molar-refractivity contribution in [1.82, 2.24) is 4.31 Å². The van der Waals surface area contributed by atoms with E-state index in [0.29, 0.717) is 30.1 Å². The molecule has 1 aromatic heterocycles. The van der Waals surface area contributed by atoms with Crippen LogP contribution in [0.1, 0.15) is 17.7 Å². The first kappa shape index (κ1) is 17.4. The lowest BCUT2D eigenvalue weighted by Crippen LogP contribution is -2.42. The van der Waals surface area contributed by atoms with Crippen LogP contribution in [0.25, 0.3) is 0 Å². The van der Waals surface area contributed by atoms with Gasteiger partial charge in [0.2, 0.25) is 5.91 Å². The van der Waals surface area contributed by atoms with E-state index in [1.807, 2.05) is 6.92 Å². The lowest BCUT2D eigenvalue weighted by atomic mass is 10.2. The molecule has 1 atom stereocenters. The summed E-state index contributed by atoms with van der Waals surface area (Å²) in [6.07, 6.45) is 1.16. The van der Waals surface area contributed by atoms with Gasteiger partial charge in [-0.1, -0.05) is 23.7 Å². The van der Waals surface area contributed by atoms with Gasteiger partial charge in [-0.25, -0.2) is 8.42 Å². The Morgan fingerprint density at radius 2 is 2.04 bits per heavy atom. The number of rotatable bonds is 4. The number of benzene rings is 1. The Labute approximate surface area is 150 Å². The first-order chi connectivity index (χ1) is 11.4. The molecule has 1 aliphatic heterocycles. The van der Waals surface area contributed by atoms with Gasteiger partial charge in [-0.2, -0.15) is 4.31 Å². The van der Waals surface area contributed by atoms with Crippen LogP contribution in [0.5, 0.6) is 0 Å². The Bertz CT molecular complexity index is 864. The number of sulfonamides is 1. The molecule has 1 unspecified atom stereocenters. The van der Waals surface area contributed by atoms with Crippen LogP contribution in [0.15, 0.2) is 40.6 Å². The van der Waals surface area contributed by atoms with Gasteiger partial charge in [0.15, 0.2) is 0 Å². The fourth-order valence-electron chi connectivity index (χ4n) is 2.73. The van der Waals surface area contributed by atoms with Gasteiger partial charge >= 0.3 is 0 Å². The fourth-order valence-corrected chi connectivity index (χ4v) is 5.99. The summed E-state index contributed by atoms with van der Waals surface area (Å²) in [4.78, 5) is 13.5. The smallest absolute Gasteiger partial charge is 0.253 e.